The van der Waals surface area contributed by atoms with E-state index in [0.717, 1.165) is 11.5 Å². The zero-order valence-corrected chi connectivity index (χ0v) is 7.10. The second-order valence-corrected chi connectivity index (χ2v) is 2.61. The molecule has 1 aromatic rings. The SMILES string of the molecule is C#CCCNC(=O)c1csnn1. The monoisotopic (exact) mass is 181 g/mol. The van der Waals surface area contributed by atoms with Crippen LogP contribution >= 0.6 is 11.5 Å². The van der Waals surface area contributed by atoms with Gasteiger partial charge in [-0.15, -0.1) is 17.4 Å². The first kappa shape index (κ1) is 8.68. The molecular weight excluding hydrogens is 174 g/mol. The number of nitrogens with one attached hydrogen (secondary N) is 1. The van der Waals surface area contributed by atoms with Crippen molar-refractivity contribution in [1.29, 1.82) is 0 Å². The Morgan fingerprint density at radius 1 is 1.83 bits per heavy atom. The predicted molar refractivity (Wildman–Crippen MR) is 45.7 cm³/mol. The summed E-state index contributed by atoms with van der Waals surface area (Å²) in [6, 6.07) is 0. The number of aromatic nitrogens is 2. The molecule has 0 atom stereocenters. The van der Waals surface area contributed by atoms with Gasteiger partial charge in [-0.1, -0.05) is 4.49 Å². The van der Waals surface area contributed by atoms with Gasteiger partial charge in [-0.05, 0) is 11.5 Å². The molecule has 0 saturated carbocycles. The standard InChI is InChI=1S/C7H7N3OS/c1-2-3-4-8-7(11)6-5-12-10-9-6/h1,5H,3-4H2,(H,8,11). The van der Waals surface area contributed by atoms with E-state index in [9.17, 15) is 4.79 Å². The van der Waals surface area contributed by atoms with E-state index in [0.29, 0.717) is 18.7 Å². The quantitative estimate of drug-likeness (QED) is 0.538. The molecule has 62 valence electrons. The highest BCUT2D eigenvalue weighted by Crippen LogP contribution is 1.95. The number of terminal acetylenes is 1. The topological polar surface area (TPSA) is 54.9 Å². The zero-order chi connectivity index (χ0) is 8.81. The third kappa shape index (κ3) is 2.32. The second-order valence-electron chi connectivity index (χ2n) is 2.00. The van der Waals surface area contributed by atoms with Gasteiger partial charge in [0.15, 0.2) is 5.69 Å². The van der Waals surface area contributed by atoms with Gasteiger partial charge < -0.3 is 5.32 Å². The molecule has 0 unspecified atom stereocenters. The van der Waals surface area contributed by atoms with E-state index in [4.69, 9.17) is 6.42 Å². The maximum atomic E-state index is 11.1. The summed E-state index contributed by atoms with van der Waals surface area (Å²) in [5, 5.41) is 7.80. The van der Waals surface area contributed by atoms with Crippen molar-refractivity contribution in [3.63, 3.8) is 0 Å². The van der Waals surface area contributed by atoms with E-state index in [2.05, 4.69) is 20.8 Å². The molecule has 0 spiro atoms. The first-order chi connectivity index (χ1) is 5.84. The maximum Gasteiger partial charge on any atom is 0.272 e. The molecule has 0 bridgehead atoms. The number of nitrogens with zero attached hydrogens (tertiary/aromatic N) is 2. The van der Waals surface area contributed by atoms with Gasteiger partial charge in [-0.3, -0.25) is 4.79 Å². The normalized spacial score (nSPS) is 8.92. The number of carbonyl (C=O) groups is 1. The van der Waals surface area contributed by atoms with Crippen molar-refractivity contribution >= 4 is 17.4 Å². The Labute approximate surface area is 74.2 Å². The summed E-state index contributed by atoms with van der Waals surface area (Å²) in [5.41, 5.74) is 0.344. The minimum atomic E-state index is -0.223. The van der Waals surface area contributed by atoms with Gasteiger partial charge in [0, 0.05) is 18.3 Å². The third-order valence-corrected chi connectivity index (χ3v) is 1.65. The maximum absolute atomic E-state index is 11.1. The molecule has 1 amide bonds. The second kappa shape index (κ2) is 4.46. The lowest BCUT2D eigenvalue weighted by atomic mass is 10.4. The van der Waals surface area contributed by atoms with Crippen LogP contribution in [0.4, 0.5) is 0 Å². The van der Waals surface area contributed by atoms with Crippen LogP contribution in [0.25, 0.3) is 0 Å². The number of rotatable bonds is 3. The van der Waals surface area contributed by atoms with Gasteiger partial charge in [0.1, 0.15) is 0 Å². The fraction of sp³-hybridized carbons (Fsp3) is 0.286. The lowest BCUT2D eigenvalue weighted by Gasteiger charge is -1.97. The molecule has 1 heterocycles. The molecule has 0 radical (unpaired) electrons. The number of carbonyl (C=O) groups excluding carboxylic acids is 1. The molecule has 1 rings (SSSR count). The van der Waals surface area contributed by atoms with Crippen LogP contribution in [0.2, 0.25) is 0 Å². The summed E-state index contributed by atoms with van der Waals surface area (Å²) < 4.78 is 3.56. The van der Waals surface area contributed by atoms with Gasteiger partial charge in [0.25, 0.3) is 5.91 Å². The van der Waals surface area contributed by atoms with Crippen LogP contribution in [0.3, 0.4) is 0 Å². The fourth-order valence-electron chi connectivity index (χ4n) is 0.602. The van der Waals surface area contributed by atoms with E-state index in [1.54, 1.807) is 5.38 Å². The average Bonchev–Trinajstić information content (AvgIpc) is 2.56. The van der Waals surface area contributed by atoms with Crippen molar-refractivity contribution in [3.8, 4) is 12.3 Å². The lowest BCUT2D eigenvalue weighted by Crippen LogP contribution is -2.24. The van der Waals surface area contributed by atoms with Gasteiger partial charge in [-0.25, -0.2) is 0 Å². The largest absolute Gasteiger partial charge is 0.350 e. The smallest absolute Gasteiger partial charge is 0.272 e. The first-order valence-corrected chi connectivity index (χ1v) is 4.17. The molecule has 0 aromatic carbocycles. The summed E-state index contributed by atoms with van der Waals surface area (Å²) in [7, 11) is 0. The molecule has 4 nitrogen and oxygen atoms in total. The van der Waals surface area contributed by atoms with E-state index < -0.39 is 0 Å². The predicted octanol–water partition coefficient (Wildman–Crippen LogP) is 0.291. The fourth-order valence-corrected chi connectivity index (χ4v) is 1.04. The zero-order valence-electron chi connectivity index (χ0n) is 6.28. The third-order valence-electron chi connectivity index (χ3n) is 1.15. The van der Waals surface area contributed by atoms with Crippen LogP contribution < -0.4 is 5.32 Å². The van der Waals surface area contributed by atoms with Crippen LogP contribution in [-0.2, 0) is 0 Å². The number of hydrogen-bond donors (Lipinski definition) is 1. The molecule has 0 aliphatic carbocycles. The summed E-state index contributed by atoms with van der Waals surface area (Å²) in [4.78, 5) is 11.1. The van der Waals surface area contributed by atoms with E-state index >= 15 is 0 Å². The van der Waals surface area contributed by atoms with Crippen molar-refractivity contribution in [3.05, 3.63) is 11.1 Å². The molecule has 12 heavy (non-hydrogen) atoms. The van der Waals surface area contributed by atoms with Crippen molar-refractivity contribution < 1.29 is 4.79 Å². The van der Waals surface area contributed by atoms with E-state index in [-0.39, 0.29) is 5.91 Å². The average molecular weight is 181 g/mol. The minimum Gasteiger partial charge on any atom is -0.350 e. The molecular formula is C7H7N3OS. The van der Waals surface area contributed by atoms with Crippen LogP contribution in [-0.4, -0.2) is 22.0 Å². The van der Waals surface area contributed by atoms with E-state index in [1.807, 2.05) is 0 Å². The summed E-state index contributed by atoms with van der Waals surface area (Å²) >= 11 is 1.14. The van der Waals surface area contributed by atoms with Crippen LogP contribution in [0.15, 0.2) is 5.38 Å². The highest BCUT2D eigenvalue weighted by atomic mass is 32.1. The highest BCUT2D eigenvalue weighted by molar-refractivity contribution is 7.03. The Hall–Kier alpha value is -1.41. The van der Waals surface area contributed by atoms with Crippen LogP contribution in [0, 0.1) is 12.3 Å². The minimum absolute atomic E-state index is 0.223. The molecule has 0 aliphatic rings. The van der Waals surface area contributed by atoms with Gasteiger partial charge in [-0.2, -0.15) is 0 Å². The summed E-state index contributed by atoms with van der Waals surface area (Å²) in [6.07, 6.45) is 5.54. The number of hydrogen-bond acceptors (Lipinski definition) is 4. The Morgan fingerprint density at radius 2 is 2.67 bits per heavy atom. The molecule has 0 saturated heterocycles. The van der Waals surface area contributed by atoms with E-state index in [1.165, 1.54) is 0 Å². The van der Waals surface area contributed by atoms with Gasteiger partial charge in [0.2, 0.25) is 0 Å². The summed E-state index contributed by atoms with van der Waals surface area (Å²) in [5.74, 6) is 2.20. The molecule has 0 fully saturated rings. The molecule has 1 aromatic heterocycles. The Morgan fingerprint density at radius 3 is 3.25 bits per heavy atom. The first-order valence-electron chi connectivity index (χ1n) is 3.33. The highest BCUT2D eigenvalue weighted by Gasteiger charge is 2.06. The Bertz CT molecular complexity index is 288. The van der Waals surface area contributed by atoms with Crippen molar-refractivity contribution in [1.82, 2.24) is 14.9 Å². The molecule has 1 N–H and O–H groups in total. The van der Waals surface area contributed by atoms with Crippen LogP contribution in [0.5, 0.6) is 0 Å². The molecule has 5 heteroatoms. The molecule has 0 aliphatic heterocycles. The van der Waals surface area contributed by atoms with Crippen molar-refractivity contribution in [2.24, 2.45) is 0 Å². The Kier molecular flexibility index (Phi) is 3.23. The van der Waals surface area contributed by atoms with Crippen molar-refractivity contribution in [2.45, 2.75) is 6.42 Å². The van der Waals surface area contributed by atoms with Crippen molar-refractivity contribution in [2.75, 3.05) is 6.54 Å². The summed E-state index contributed by atoms with van der Waals surface area (Å²) in [6.45, 7) is 0.479. The lowest BCUT2D eigenvalue weighted by molar-refractivity contribution is 0.0949. The number of amides is 1. The van der Waals surface area contributed by atoms with Gasteiger partial charge in [0.05, 0.1) is 0 Å². The van der Waals surface area contributed by atoms with Gasteiger partial charge >= 0.3 is 0 Å². The van der Waals surface area contributed by atoms with Crippen LogP contribution in [0.1, 0.15) is 16.9 Å². The Balaban J connectivity index is 2.36.